The molecule has 3 atom stereocenters. The standard InChI is InChI=1S/C17H16Cl2N2O3S/c1-7-14(17(23)24)25-16(21-7)8(2)20-15(22)12-6-11(12)10-4-3-9(18)5-13(10)19/h3-5,8,11-12H,6H2,1-2H3,(H,20,22)(H,23,24). The summed E-state index contributed by atoms with van der Waals surface area (Å²) in [5, 5.41) is 13.8. The number of hydrogen-bond acceptors (Lipinski definition) is 4. The predicted molar refractivity (Wildman–Crippen MR) is 97.7 cm³/mol. The van der Waals surface area contributed by atoms with E-state index in [-0.39, 0.29) is 28.7 Å². The number of carbonyl (C=O) groups excluding carboxylic acids is 1. The zero-order chi connectivity index (χ0) is 18.3. The van der Waals surface area contributed by atoms with Crippen molar-refractivity contribution in [3.8, 4) is 0 Å². The maximum absolute atomic E-state index is 12.5. The Hall–Kier alpha value is -1.63. The fourth-order valence-corrected chi connectivity index (χ4v) is 4.27. The lowest BCUT2D eigenvalue weighted by molar-refractivity contribution is -0.123. The number of carboxylic acid groups (broad SMARTS) is 1. The van der Waals surface area contributed by atoms with Crippen LogP contribution >= 0.6 is 34.5 Å². The quantitative estimate of drug-likeness (QED) is 0.779. The number of nitrogens with one attached hydrogen (secondary N) is 1. The van der Waals surface area contributed by atoms with Crippen LogP contribution in [0.5, 0.6) is 0 Å². The molecular formula is C17H16Cl2N2O3S. The van der Waals surface area contributed by atoms with E-state index in [0.29, 0.717) is 20.7 Å². The first-order chi connectivity index (χ1) is 11.8. The minimum absolute atomic E-state index is 0.0757. The van der Waals surface area contributed by atoms with Crippen molar-refractivity contribution in [2.24, 2.45) is 5.92 Å². The van der Waals surface area contributed by atoms with E-state index in [1.165, 1.54) is 0 Å². The topological polar surface area (TPSA) is 79.3 Å². The van der Waals surface area contributed by atoms with Gasteiger partial charge >= 0.3 is 5.97 Å². The molecule has 5 nitrogen and oxygen atoms in total. The van der Waals surface area contributed by atoms with Crippen molar-refractivity contribution in [2.45, 2.75) is 32.2 Å². The highest BCUT2D eigenvalue weighted by Crippen LogP contribution is 2.50. The Morgan fingerprint density at radius 3 is 2.72 bits per heavy atom. The molecule has 0 saturated heterocycles. The first-order valence-electron chi connectivity index (χ1n) is 7.74. The van der Waals surface area contributed by atoms with Crippen LogP contribution < -0.4 is 5.32 Å². The van der Waals surface area contributed by atoms with E-state index in [2.05, 4.69) is 10.3 Å². The highest BCUT2D eigenvalue weighted by Gasteiger charge is 2.45. The van der Waals surface area contributed by atoms with Gasteiger partial charge in [0.15, 0.2) is 0 Å². The Morgan fingerprint density at radius 1 is 1.40 bits per heavy atom. The van der Waals surface area contributed by atoms with E-state index in [0.717, 1.165) is 23.3 Å². The third-order valence-corrected chi connectivity index (χ3v) is 6.12. The summed E-state index contributed by atoms with van der Waals surface area (Å²) in [6, 6.07) is 4.96. The third kappa shape index (κ3) is 3.81. The molecule has 1 heterocycles. The van der Waals surface area contributed by atoms with Crippen LogP contribution in [0.25, 0.3) is 0 Å². The van der Waals surface area contributed by atoms with Crippen molar-refractivity contribution in [1.29, 1.82) is 0 Å². The smallest absolute Gasteiger partial charge is 0.347 e. The molecule has 8 heteroatoms. The van der Waals surface area contributed by atoms with Gasteiger partial charge in [-0.05, 0) is 43.9 Å². The monoisotopic (exact) mass is 398 g/mol. The molecule has 0 spiro atoms. The molecule has 1 aromatic carbocycles. The Bertz CT molecular complexity index is 852. The Labute approximate surface area is 159 Å². The zero-order valence-corrected chi connectivity index (χ0v) is 15.9. The lowest BCUT2D eigenvalue weighted by Crippen LogP contribution is -2.28. The number of carboxylic acids is 1. The van der Waals surface area contributed by atoms with Crippen LogP contribution in [0, 0.1) is 12.8 Å². The summed E-state index contributed by atoms with van der Waals surface area (Å²) >= 11 is 13.2. The largest absolute Gasteiger partial charge is 0.477 e. The van der Waals surface area contributed by atoms with Crippen LogP contribution in [0.2, 0.25) is 10.0 Å². The van der Waals surface area contributed by atoms with Gasteiger partial charge in [-0.2, -0.15) is 0 Å². The van der Waals surface area contributed by atoms with Gasteiger partial charge in [-0.15, -0.1) is 11.3 Å². The number of aromatic nitrogens is 1. The molecule has 1 amide bonds. The lowest BCUT2D eigenvalue weighted by atomic mass is 10.1. The van der Waals surface area contributed by atoms with Gasteiger partial charge < -0.3 is 10.4 Å². The Morgan fingerprint density at radius 2 is 2.12 bits per heavy atom. The lowest BCUT2D eigenvalue weighted by Gasteiger charge is -2.11. The van der Waals surface area contributed by atoms with Gasteiger partial charge in [0.2, 0.25) is 5.91 Å². The average Bonchev–Trinajstić information content (AvgIpc) is 3.21. The number of amides is 1. The van der Waals surface area contributed by atoms with E-state index in [1.807, 2.05) is 6.07 Å². The van der Waals surface area contributed by atoms with Crippen molar-refractivity contribution in [1.82, 2.24) is 10.3 Å². The second kappa shape index (κ2) is 6.94. The summed E-state index contributed by atoms with van der Waals surface area (Å²) in [6.07, 6.45) is 0.733. The maximum Gasteiger partial charge on any atom is 0.347 e. The minimum atomic E-state index is -1.00. The molecule has 2 N–H and O–H groups in total. The summed E-state index contributed by atoms with van der Waals surface area (Å²) in [5.41, 5.74) is 1.39. The molecule has 1 saturated carbocycles. The summed E-state index contributed by atoms with van der Waals surface area (Å²) < 4.78 is 0. The van der Waals surface area contributed by atoms with E-state index in [4.69, 9.17) is 28.3 Å². The average molecular weight is 399 g/mol. The molecule has 1 aliphatic carbocycles. The van der Waals surface area contributed by atoms with Crippen molar-refractivity contribution >= 4 is 46.4 Å². The molecule has 2 aromatic rings. The molecule has 25 heavy (non-hydrogen) atoms. The molecule has 1 aliphatic rings. The van der Waals surface area contributed by atoms with Crippen molar-refractivity contribution in [3.05, 3.63) is 49.4 Å². The minimum Gasteiger partial charge on any atom is -0.477 e. The van der Waals surface area contributed by atoms with E-state index in [1.54, 1.807) is 26.0 Å². The van der Waals surface area contributed by atoms with Crippen molar-refractivity contribution in [2.75, 3.05) is 0 Å². The number of halogens is 2. The molecule has 3 rings (SSSR count). The first-order valence-corrected chi connectivity index (χ1v) is 9.31. The normalized spacial score (nSPS) is 20.2. The predicted octanol–water partition coefficient (Wildman–Crippen LogP) is 4.44. The van der Waals surface area contributed by atoms with Gasteiger partial charge in [0.25, 0.3) is 0 Å². The highest BCUT2D eigenvalue weighted by atomic mass is 35.5. The van der Waals surface area contributed by atoms with E-state index < -0.39 is 5.97 Å². The van der Waals surface area contributed by atoms with Gasteiger partial charge in [-0.3, -0.25) is 4.79 Å². The highest BCUT2D eigenvalue weighted by molar-refractivity contribution is 7.13. The number of benzene rings is 1. The molecule has 3 unspecified atom stereocenters. The molecule has 1 fully saturated rings. The Balaban J connectivity index is 1.65. The summed E-state index contributed by atoms with van der Waals surface area (Å²) in [7, 11) is 0. The Kier molecular flexibility index (Phi) is 5.04. The van der Waals surface area contributed by atoms with Crippen LogP contribution in [0.3, 0.4) is 0 Å². The van der Waals surface area contributed by atoms with Crippen LogP contribution in [-0.4, -0.2) is 22.0 Å². The van der Waals surface area contributed by atoms with Gasteiger partial charge in [-0.25, -0.2) is 9.78 Å². The van der Waals surface area contributed by atoms with Crippen LogP contribution in [0.1, 0.15) is 51.2 Å². The second-order valence-electron chi connectivity index (χ2n) is 6.12. The number of nitrogens with zero attached hydrogens (tertiary/aromatic N) is 1. The zero-order valence-electron chi connectivity index (χ0n) is 13.5. The first kappa shape index (κ1) is 18.2. The van der Waals surface area contributed by atoms with Gasteiger partial charge in [0.1, 0.15) is 9.88 Å². The van der Waals surface area contributed by atoms with Crippen molar-refractivity contribution < 1.29 is 14.7 Å². The number of thiazole rings is 1. The number of aromatic carboxylic acids is 1. The van der Waals surface area contributed by atoms with Crippen molar-refractivity contribution in [3.63, 3.8) is 0 Å². The molecule has 132 valence electrons. The second-order valence-corrected chi connectivity index (χ2v) is 7.99. The molecule has 0 aliphatic heterocycles. The SMILES string of the molecule is Cc1nc(C(C)NC(=O)C2CC2c2ccc(Cl)cc2Cl)sc1C(=O)O. The maximum atomic E-state index is 12.5. The molecule has 1 aromatic heterocycles. The van der Waals surface area contributed by atoms with Crippen LogP contribution in [0.15, 0.2) is 18.2 Å². The summed E-state index contributed by atoms with van der Waals surface area (Å²) in [6.45, 7) is 3.45. The molecule has 0 bridgehead atoms. The van der Waals surface area contributed by atoms with Gasteiger partial charge in [0, 0.05) is 16.0 Å². The van der Waals surface area contributed by atoms with Gasteiger partial charge in [-0.1, -0.05) is 29.3 Å². The molecule has 0 radical (unpaired) electrons. The number of rotatable bonds is 5. The summed E-state index contributed by atoms with van der Waals surface area (Å²) in [5.74, 6) is -1.13. The number of carbonyl (C=O) groups is 2. The van der Waals surface area contributed by atoms with Crippen LogP contribution in [-0.2, 0) is 4.79 Å². The van der Waals surface area contributed by atoms with E-state index >= 15 is 0 Å². The number of hydrogen-bond donors (Lipinski definition) is 2. The fourth-order valence-electron chi connectivity index (χ4n) is 2.81. The van der Waals surface area contributed by atoms with E-state index in [9.17, 15) is 9.59 Å². The summed E-state index contributed by atoms with van der Waals surface area (Å²) in [4.78, 5) is 28.0. The van der Waals surface area contributed by atoms with Crippen LogP contribution in [0.4, 0.5) is 0 Å². The third-order valence-electron chi connectivity index (χ3n) is 4.23. The van der Waals surface area contributed by atoms with Gasteiger partial charge in [0.05, 0.1) is 11.7 Å². The number of aryl methyl sites for hydroxylation is 1. The fraction of sp³-hybridized carbons (Fsp3) is 0.353. The molecular weight excluding hydrogens is 383 g/mol.